The van der Waals surface area contributed by atoms with Crippen molar-refractivity contribution in [3.63, 3.8) is 0 Å². The summed E-state index contributed by atoms with van der Waals surface area (Å²) in [6.07, 6.45) is 0.886. The van der Waals surface area contributed by atoms with E-state index in [0.29, 0.717) is 6.07 Å². The van der Waals surface area contributed by atoms with Crippen LogP contribution in [0.4, 0.5) is 8.78 Å². The van der Waals surface area contributed by atoms with Crippen molar-refractivity contribution in [2.75, 3.05) is 6.26 Å². The van der Waals surface area contributed by atoms with Crippen molar-refractivity contribution >= 4 is 15.6 Å². The van der Waals surface area contributed by atoms with Crippen molar-refractivity contribution in [3.8, 4) is 0 Å². The highest BCUT2D eigenvalue weighted by Gasteiger charge is 2.26. The maximum atomic E-state index is 13.2. The SMILES string of the molecule is CC(C(=O)c1ccc(F)cc1F)S(C)(=O)=O. The van der Waals surface area contributed by atoms with E-state index in [2.05, 4.69) is 0 Å². The van der Waals surface area contributed by atoms with E-state index in [1.165, 1.54) is 6.92 Å². The molecule has 0 bridgehead atoms. The molecule has 88 valence electrons. The van der Waals surface area contributed by atoms with Crippen LogP contribution >= 0.6 is 0 Å². The Bertz CT molecular complexity index is 523. The summed E-state index contributed by atoms with van der Waals surface area (Å²) in [5.41, 5.74) is -0.417. The number of rotatable bonds is 3. The molecule has 3 nitrogen and oxygen atoms in total. The Balaban J connectivity index is 3.16. The van der Waals surface area contributed by atoms with Gasteiger partial charge in [0.2, 0.25) is 0 Å². The minimum absolute atomic E-state index is 0.417. The summed E-state index contributed by atoms with van der Waals surface area (Å²) in [5, 5.41) is -1.34. The summed E-state index contributed by atoms with van der Waals surface area (Å²) < 4.78 is 48.0. The van der Waals surface area contributed by atoms with E-state index >= 15 is 0 Å². The van der Waals surface area contributed by atoms with Crippen LogP contribution in [-0.4, -0.2) is 25.7 Å². The first kappa shape index (κ1) is 12.8. The van der Waals surface area contributed by atoms with Crippen molar-refractivity contribution in [1.29, 1.82) is 0 Å². The summed E-state index contributed by atoms with van der Waals surface area (Å²) in [7, 11) is -3.59. The predicted molar refractivity (Wildman–Crippen MR) is 55.0 cm³/mol. The van der Waals surface area contributed by atoms with Gasteiger partial charge in [-0.25, -0.2) is 17.2 Å². The van der Waals surface area contributed by atoms with Crippen LogP contribution in [0.3, 0.4) is 0 Å². The molecule has 1 unspecified atom stereocenters. The van der Waals surface area contributed by atoms with E-state index < -0.39 is 38.1 Å². The van der Waals surface area contributed by atoms with E-state index in [0.717, 1.165) is 18.4 Å². The highest BCUT2D eigenvalue weighted by Crippen LogP contribution is 2.14. The lowest BCUT2D eigenvalue weighted by Crippen LogP contribution is -2.27. The minimum Gasteiger partial charge on any atom is -0.293 e. The molecule has 0 radical (unpaired) electrons. The molecule has 1 atom stereocenters. The third-order valence-corrected chi connectivity index (χ3v) is 3.71. The highest BCUT2D eigenvalue weighted by atomic mass is 32.2. The monoisotopic (exact) mass is 248 g/mol. The molecule has 0 aromatic heterocycles. The molecule has 16 heavy (non-hydrogen) atoms. The van der Waals surface area contributed by atoms with Gasteiger partial charge in [0.25, 0.3) is 0 Å². The lowest BCUT2D eigenvalue weighted by atomic mass is 10.1. The summed E-state index contributed by atoms with van der Waals surface area (Å²) in [5.74, 6) is -2.75. The average molecular weight is 248 g/mol. The van der Waals surface area contributed by atoms with E-state index in [4.69, 9.17) is 0 Å². The Morgan fingerprint density at radius 3 is 2.31 bits per heavy atom. The number of carbonyl (C=O) groups is 1. The third kappa shape index (κ3) is 2.63. The van der Waals surface area contributed by atoms with Crippen molar-refractivity contribution in [1.82, 2.24) is 0 Å². The number of hydrogen-bond donors (Lipinski definition) is 0. The lowest BCUT2D eigenvalue weighted by Gasteiger charge is -2.08. The molecule has 0 aliphatic carbocycles. The summed E-state index contributed by atoms with van der Waals surface area (Å²) in [4.78, 5) is 11.6. The van der Waals surface area contributed by atoms with Gasteiger partial charge in [-0.3, -0.25) is 4.79 Å². The van der Waals surface area contributed by atoms with Crippen LogP contribution in [0.5, 0.6) is 0 Å². The van der Waals surface area contributed by atoms with Crippen molar-refractivity contribution in [3.05, 3.63) is 35.4 Å². The maximum Gasteiger partial charge on any atom is 0.183 e. The molecular formula is C10H10F2O3S. The fourth-order valence-electron chi connectivity index (χ4n) is 1.10. The Hall–Kier alpha value is -1.30. The number of carbonyl (C=O) groups excluding carboxylic acids is 1. The first-order chi connectivity index (χ1) is 7.23. The first-order valence-electron chi connectivity index (χ1n) is 4.41. The molecule has 0 spiro atoms. The van der Waals surface area contributed by atoms with Crippen molar-refractivity contribution < 1.29 is 22.0 Å². The van der Waals surface area contributed by atoms with Gasteiger partial charge in [-0.15, -0.1) is 0 Å². The lowest BCUT2D eigenvalue weighted by molar-refractivity contribution is 0.0987. The van der Waals surface area contributed by atoms with Gasteiger partial charge in [0.1, 0.15) is 16.9 Å². The van der Waals surface area contributed by atoms with Crippen LogP contribution in [-0.2, 0) is 9.84 Å². The molecule has 6 heteroatoms. The molecule has 0 aliphatic rings. The molecule has 1 rings (SSSR count). The molecule has 0 saturated heterocycles. The molecule has 0 saturated carbocycles. The van der Waals surface area contributed by atoms with Crippen LogP contribution in [0.2, 0.25) is 0 Å². The average Bonchev–Trinajstić information content (AvgIpc) is 2.14. The zero-order valence-corrected chi connectivity index (χ0v) is 9.51. The predicted octanol–water partition coefficient (Wildman–Crippen LogP) is 1.58. The standard InChI is InChI=1S/C10H10F2O3S/c1-6(16(2,14)15)10(13)8-4-3-7(11)5-9(8)12/h3-6H,1-2H3. The van der Waals surface area contributed by atoms with Crippen LogP contribution in [0.1, 0.15) is 17.3 Å². The number of ketones is 1. The molecular weight excluding hydrogens is 238 g/mol. The number of halogens is 2. The van der Waals surface area contributed by atoms with E-state index in [1.807, 2.05) is 0 Å². The smallest absolute Gasteiger partial charge is 0.183 e. The van der Waals surface area contributed by atoms with Crippen LogP contribution in [0.25, 0.3) is 0 Å². The van der Waals surface area contributed by atoms with Crippen LogP contribution < -0.4 is 0 Å². The van der Waals surface area contributed by atoms with Crippen molar-refractivity contribution in [2.24, 2.45) is 0 Å². The summed E-state index contributed by atoms with van der Waals surface area (Å²) in [6, 6.07) is 2.39. The number of Topliss-reactive ketones (excluding diaryl/α,β-unsaturated/α-hetero) is 1. The van der Waals surface area contributed by atoms with E-state index in [-0.39, 0.29) is 0 Å². The van der Waals surface area contributed by atoms with Crippen molar-refractivity contribution in [2.45, 2.75) is 12.2 Å². The van der Waals surface area contributed by atoms with Gasteiger partial charge in [-0.2, -0.15) is 0 Å². The fourth-order valence-corrected chi connectivity index (χ4v) is 1.62. The Labute approximate surface area is 92.0 Å². The molecule has 1 aromatic rings. The summed E-state index contributed by atoms with van der Waals surface area (Å²) in [6.45, 7) is 1.17. The fraction of sp³-hybridized carbons (Fsp3) is 0.300. The van der Waals surface area contributed by atoms with Crippen LogP contribution in [0.15, 0.2) is 18.2 Å². The Morgan fingerprint density at radius 2 is 1.88 bits per heavy atom. The molecule has 0 aliphatic heterocycles. The Kier molecular flexibility index (Phi) is 3.42. The zero-order valence-electron chi connectivity index (χ0n) is 8.70. The quantitative estimate of drug-likeness (QED) is 0.763. The second-order valence-corrected chi connectivity index (χ2v) is 5.83. The number of benzene rings is 1. The maximum absolute atomic E-state index is 13.2. The number of hydrogen-bond acceptors (Lipinski definition) is 3. The van der Waals surface area contributed by atoms with Crippen LogP contribution in [0, 0.1) is 11.6 Å². The largest absolute Gasteiger partial charge is 0.293 e. The van der Waals surface area contributed by atoms with Gasteiger partial charge in [-0.05, 0) is 19.1 Å². The number of sulfone groups is 1. The third-order valence-electron chi connectivity index (χ3n) is 2.21. The zero-order chi connectivity index (χ0) is 12.5. The van der Waals surface area contributed by atoms with Gasteiger partial charge in [0, 0.05) is 12.3 Å². The summed E-state index contributed by atoms with van der Waals surface area (Å²) >= 11 is 0. The van der Waals surface area contributed by atoms with Gasteiger partial charge >= 0.3 is 0 Å². The van der Waals surface area contributed by atoms with E-state index in [9.17, 15) is 22.0 Å². The molecule has 0 fully saturated rings. The molecule has 0 heterocycles. The van der Waals surface area contributed by atoms with E-state index in [1.54, 1.807) is 0 Å². The first-order valence-corrected chi connectivity index (χ1v) is 6.37. The second kappa shape index (κ2) is 4.29. The normalized spacial score (nSPS) is 13.5. The van der Waals surface area contributed by atoms with Gasteiger partial charge in [-0.1, -0.05) is 0 Å². The molecule has 0 N–H and O–H groups in total. The molecule has 1 aromatic carbocycles. The highest BCUT2D eigenvalue weighted by molar-refractivity contribution is 7.92. The topological polar surface area (TPSA) is 51.2 Å². The van der Waals surface area contributed by atoms with Gasteiger partial charge < -0.3 is 0 Å². The Morgan fingerprint density at radius 1 is 1.31 bits per heavy atom. The van der Waals surface area contributed by atoms with Gasteiger partial charge in [0.15, 0.2) is 15.6 Å². The van der Waals surface area contributed by atoms with Gasteiger partial charge in [0.05, 0.1) is 5.56 Å². The minimum atomic E-state index is -3.59. The molecule has 0 amide bonds. The second-order valence-electron chi connectivity index (χ2n) is 3.46.